The molecule has 0 saturated carbocycles. The molecule has 0 bridgehead atoms. The Morgan fingerprint density at radius 2 is 2.33 bits per heavy atom. The Balaban J connectivity index is 2.47. The first-order valence-corrected chi connectivity index (χ1v) is 4.34. The van der Waals surface area contributed by atoms with Crippen LogP contribution in [-0.4, -0.2) is 27.7 Å². The highest BCUT2D eigenvalue weighted by Gasteiger charge is 2.11. The first kappa shape index (κ1) is 9.45. The lowest BCUT2D eigenvalue weighted by atomic mass is 10.3. The van der Waals surface area contributed by atoms with Crippen molar-refractivity contribution in [2.75, 3.05) is 6.61 Å². The number of ether oxygens (including phenoxy) is 1. The van der Waals surface area contributed by atoms with Crippen molar-refractivity contribution in [3.05, 3.63) is 17.8 Å². The number of hydrogen-bond donors (Lipinski definition) is 1. The number of carboxylic acid groups (broad SMARTS) is 1. The van der Waals surface area contributed by atoms with E-state index in [9.17, 15) is 4.79 Å². The Morgan fingerprint density at radius 1 is 1.53 bits per heavy atom. The van der Waals surface area contributed by atoms with E-state index in [0.717, 1.165) is 0 Å². The number of pyridine rings is 1. The topological polar surface area (TPSA) is 85.5 Å². The Labute approximate surface area is 84.5 Å². The third kappa shape index (κ3) is 1.74. The summed E-state index contributed by atoms with van der Waals surface area (Å²) in [5.41, 5.74) is 0.570. The Hall–Kier alpha value is -2.11. The lowest BCUT2D eigenvalue weighted by molar-refractivity contribution is 0.0691. The molecule has 6 heteroatoms. The van der Waals surface area contributed by atoms with Gasteiger partial charge in [0.25, 0.3) is 0 Å². The van der Waals surface area contributed by atoms with Crippen molar-refractivity contribution in [2.24, 2.45) is 0 Å². The number of fused-ring (bicyclic) bond motifs is 1. The third-order valence-electron chi connectivity index (χ3n) is 1.72. The Bertz CT molecular complexity index is 506. The number of oxazole rings is 1. The molecule has 15 heavy (non-hydrogen) atoms. The van der Waals surface area contributed by atoms with E-state index < -0.39 is 5.97 Å². The molecule has 0 spiro atoms. The van der Waals surface area contributed by atoms with Crippen molar-refractivity contribution in [1.29, 1.82) is 0 Å². The minimum Gasteiger partial charge on any atom is -0.477 e. The van der Waals surface area contributed by atoms with Gasteiger partial charge in [0.15, 0.2) is 11.3 Å². The highest BCUT2D eigenvalue weighted by Crippen LogP contribution is 2.18. The molecule has 0 unspecified atom stereocenters. The van der Waals surface area contributed by atoms with Gasteiger partial charge in [-0.1, -0.05) is 0 Å². The summed E-state index contributed by atoms with van der Waals surface area (Å²) in [5, 5.41) is 8.70. The lowest BCUT2D eigenvalue weighted by Crippen LogP contribution is -1.99. The average molecular weight is 208 g/mol. The molecule has 2 aromatic heterocycles. The van der Waals surface area contributed by atoms with E-state index in [-0.39, 0.29) is 17.4 Å². The Morgan fingerprint density at radius 3 is 3.00 bits per heavy atom. The van der Waals surface area contributed by atoms with E-state index in [4.69, 9.17) is 14.3 Å². The summed E-state index contributed by atoms with van der Waals surface area (Å²) in [7, 11) is 0. The van der Waals surface area contributed by atoms with Crippen LogP contribution in [0.15, 0.2) is 16.5 Å². The fourth-order valence-corrected chi connectivity index (χ4v) is 1.10. The van der Waals surface area contributed by atoms with E-state index in [1.807, 2.05) is 0 Å². The molecule has 0 fully saturated rings. The smallest absolute Gasteiger partial charge is 0.396 e. The van der Waals surface area contributed by atoms with Gasteiger partial charge in [-0.3, -0.25) is 0 Å². The molecular weight excluding hydrogens is 200 g/mol. The van der Waals surface area contributed by atoms with Crippen molar-refractivity contribution in [2.45, 2.75) is 6.92 Å². The molecule has 0 aromatic carbocycles. The largest absolute Gasteiger partial charge is 0.477 e. The van der Waals surface area contributed by atoms with Crippen LogP contribution in [0, 0.1) is 0 Å². The number of carboxylic acids is 1. The highest BCUT2D eigenvalue weighted by atomic mass is 16.6. The van der Waals surface area contributed by atoms with Gasteiger partial charge in [-0.05, 0) is 19.1 Å². The predicted octanol–water partition coefficient (Wildman–Crippen LogP) is 1.32. The SMILES string of the molecule is CCOc1nc2nc(C(=O)O)ccc2o1. The molecule has 0 aliphatic rings. The minimum atomic E-state index is -1.10. The number of aromatic nitrogens is 2. The maximum Gasteiger partial charge on any atom is 0.396 e. The van der Waals surface area contributed by atoms with Gasteiger partial charge in [-0.25, -0.2) is 9.78 Å². The molecular formula is C9H8N2O4. The van der Waals surface area contributed by atoms with E-state index in [2.05, 4.69) is 9.97 Å². The van der Waals surface area contributed by atoms with Crippen LogP contribution in [0.2, 0.25) is 0 Å². The van der Waals surface area contributed by atoms with Crippen LogP contribution in [0.3, 0.4) is 0 Å². The first-order valence-electron chi connectivity index (χ1n) is 4.34. The fraction of sp³-hybridized carbons (Fsp3) is 0.222. The predicted molar refractivity (Wildman–Crippen MR) is 49.9 cm³/mol. The lowest BCUT2D eigenvalue weighted by Gasteiger charge is -1.90. The van der Waals surface area contributed by atoms with Crippen LogP contribution >= 0.6 is 0 Å². The van der Waals surface area contributed by atoms with E-state index in [1.165, 1.54) is 12.1 Å². The second-order valence-electron chi connectivity index (χ2n) is 2.74. The normalized spacial score (nSPS) is 10.5. The van der Waals surface area contributed by atoms with Crippen LogP contribution in [0.5, 0.6) is 6.08 Å². The molecule has 1 N–H and O–H groups in total. The summed E-state index contributed by atoms with van der Waals surface area (Å²) in [5.74, 6) is -1.10. The standard InChI is InChI=1S/C9H8N2O4/c1-2-14-9-11-7-6(15-9)4-3-5(10-7)8(12)13/h3-4H,2H2,1H3,(H,12,13). The zero-order valence-corrected chi connectivity index (χ0v) is 7.93. The monoisotopic (exact) mass is 208 g/mol. The molecule has 0 aliphatic carbocycles. The van der Waals surface area contributed by atoms with Gasteiger partial charge >= 0.3 is 12.0 Å². The zero-order valence-electron chi connectivity index (χ0n) is 7.93. The van der Waals surface area contributed by atoms with Gasteiger partial charge in [-0.2, -0.15) is 4.98 Å². The van der Waals surface area contributed by atoms with Gasteiger partial charge < -0.3 is 14.3 Å². The molecule has 0 amide bonds. The second kappa shape index (κ2) is 3.56. The van der Waals surface area contributed by atoms with Crippen LogP contribution in [0.4, 0.5) is 0 Å². The van der Waals surface area contributed by atoms with Gasteiger partial charge in [0.05, 0.1) is 6.61 Å². The fourth-order valence-electron chi connectivity index (χ4n) is 1.10. The molecule has 0 aliphatic heterocycles. The van der Waals surface area contributed by atoms with Crippen molar-refractivity contribution in [3.8, 4) is 6.08 Å². The van der Waals surface area contributed by atoms with Crippen LogP contribution in [-0.2, 0) is 0 Å². The number of nitrogens with zero attached hydrogens (tertiary/aromatic N) is 2. The Kier molecular flexibility index (Phi) is 2.24. The summed E-state index contributed by atoms with van der Waals surface area (Å²) in [6.45, 7) is 2.23. The van der Waals surface area contributed by atoms with Crippen molar-refractivity contribution < 1.29 is 19.1 Å². The molecule has 78 valence electrons. The van der Waals surface area contributed by atoms with Crippen LogP contribution < -0.4 is 4.74 Å². The minimum absolute atomic E-state index is 0.0705. The maximum atomic E-state index is 10.6. The number of carbonyl (C=O) groups is 1. The van der Waals surface area contributed by atoms with Crippen molar-refractivity contribution >= 4 is 17.2 Å². The highest BCUT2D eigenvalue weighted by molar-refractivity contribution is 5.87. The van der Waals surface area contributed by atoms with Gasteiger partial charge in [0, 0.05) is 0 Å². The maximum absolute atomic E-state index is 10.6. The molecule has 2 aromatic rings. The molecule has 0 radical (unpaired) electrons. The van der Waals surface area contributed by atoms with E-state index in [1.54, 1.807) is 6.92 Å². The molecule has 2 rings (SSSR count). The number of aromatic carboxylic acids is 1. The van der Waals surface area contributed by atoms with Crippen molar-refractivity contribution in [1.82, 2.24) is 9.97 Å². The number of rotatable bonds is 3. The summed E-state index contributed by atoms with van der Waals surface area (Å²) in [6, 6.07) is 2.85. The number of hydrogen-bond acceptors (Lipinski definition) is 5. The summed E-state index contributed by atoms with van der Waals surface area (Å²) < 4.78 is 10.2. The summed E-state index contributed by atoms with van der Waals surface area (Å²) >= 11 is 0. The van der Waals surface area contributed by atoms with Gasteiger partial charge in [0.1, 0.15) is 0 Å². The van der Waals surface area contributed by atoms with E-state index >= 15 is 0 Å². The van der Waals surface area contributed by atoms with Crippen LogP contribution in [0.1, 0.15) is 17.4 Å². The molecule has 2 heterocycles. The quantitative estimate of drug-likeness (QED) is 0.818. The first-order chi connectivity index (χ1) is 7.20. The van der Waals surface area contributed by atoms with Gasteiger partial charge in [0.2, 0.25) is 5.65 Å². The van der Waals surface area contributed by atoms with E-state index in [0.29, 0.717) is 12.2 Å². The third-order valence-corrected chi connectivity index (χ3v) is 1.72. The molecule has 0 saturated heterocycles. The van der Waals surface area contributed by atoms with Gasteiger partial charge in [-0.15, -0.1) is 0 Å². The average Bonchev–Trinajstić information content (AvgIpc) is 2.59. The second-order valence-corrected chi connectivity index (χ2v) is 2.74. The zero-order chi connectivity index (χ0) is 10.8. The molecule has 6 nitrogen and oxygen atoms in total. The van der Waals surface area contributed by atoms with Crippen molar-refractivity contribution in [3.63, 3.8) is 0 Å². The van der Waals surface area contributed by atoms with Crippen LogP contribution in [0.25, 0.3) is 11.2 Å². The molecule has 0 atom stereocenters. The summed E-state index contributed by atoms with van der Waals surface area (Å²) in [6.07, 6.45) is 0.0996. The summed E-state index contributed by atoms with van der Waals surface area (Å²) in [4.78, 5) is 18.3.